The first-order valence-electron chi connectivity index (χ1n) is 5.16. The van der Waals surface area contributed by atoms with Gasteiger partial charge in [-0.15, -0.1) is 0 Å². The predicted molar refractivity (Wildman–Crippen MR) is 59.4 cm³/mol. The highest BCUT2D eigenvalue weighted by atomic mass is 16.5. The van der Waals surface area contributed by atoms with Crippen LogP contribution < -0.4 is 5.73 Å². The monoisotopic (exact) mass is 207 g/mol. The zero-order valence-electron chi connectivity index (χ0n) is 8.98. The van der Waals surface area contributed by atoms with Crippen molar-refractivity contribution in [2.24, 2.45) is 5.73 Å². The fourth-order valence-electron chi connectivity index (χ4n) is 1.23. The second-order valence-corrected chi connectivity index (χ2v) is 3.55. The lowest BCUT2D eigenvalue weighted by Crippen LogP contribution is -2.29. The molecule has 1 aromatic rings. The molecule has 0 aromatic heterocycles. The second kappa shape index (κ2) is 6.19. The summed E-state index contributed by atoms with van der Waals surface area (Å²) >= 11 is 0. The molecular weight excluding hydrogens is 190 g/mol. The van der Waals surface area contributed by atoms with Crippen LogP contribution in [0.1, 0.15) is 18.9 Å². The van der Waals surface area contributed by atoms with Gasteiger partial charge in [-0.1, -0.05) is 30.3 Å². The van der Waals surface area contributed by atoms with Crippen LogP contribution in [0.25, 0.3) is 0 Å². The molecule has 0 aliphatic carbocycles. The summed E-state index contributed by atoms with van der Waals surface area (Å²) in [6.45, 7) is 2.06. The van der Waals surface area contributed by atoms with Gasteiger partial charge in [-0.25, -0.2) is 0 Å². The maximum Gasteiger partial charge on any atom is 0.322 e. The van der Waals surface area contributed by atoms with Crippen LogP contribution in [-0.2, 0) is 16.0 Å². The number of nitrogens with two attached hydrogens (primary N) is 1. The zero-order chi connectivity index (χ0) is 11.1. The number of hydrogen-bond donors (Lipinski definition) is 1. The third kappa shape index (κ3) is 4.61. The Morgan fingerprint density at radius 3 is 2.67 bits per heavy atom. The Morgan fingerprint density at radius 1 is 1.40 bits per heavy atom. The van der Waals surface area contributed by atoms with E-state index in [9.17, 15) is 4.79 Å². The van der Waals surface area contributed by atoms with E-state index in [1.165, 1.54) is 5.56 Å². The minimum absolute atomic E-state index is 0.330. The number of benzene rings is 1. The average molecular weight is 207 g/mol. The van der Waals surface area contributed by atoms with E-state index < -0.39 is 6.04 Å². The molecular formula is C12H17NO2. The third-order valence-electron chi connectivity index (χ3n) is 2.07. The van der Waals surface area contributed by atoms with Gasteiger partial charge >= 0.3 is 5.97 Å². The van der Waals surface area contributed by atoms with Gasteiger partial charge in [0.25, 0.3) is 0 Å². The summed E-state index contributed by atoms with van der Waals surface area (Å²) in [5.41, 5.74) is 6.61. The normalized spacial score (nSPS) is 12.1. The molecule has 0 aliphatic heterocycles. The van der Waals surface area contributed by atoms with Crippen molar-refractivity contribution in [2.45, 2.75) is 25.8 Å². The van der Waals surface area contributed by atoms with Crippen LogP contribution in [0.4, 0.5) is 0 Å². The van der Waals surface area contributed by atoms with E-state index >= 15 is 0 Å². The molecule has 0 amide bonds. The first-order chi connectivity index (χ1) is 7.20. The molecule has 1 rings (SSSR count). The Labute approximate surface area is 90.2 Å². The molecule has 0 radical (unpaired) electrons. The Hall–Kier alpha value is -1.35. The quantitative estimate of drug-likeness (QED) is 0.588. The van der Waals surface area contributed by atoms with Gasteiger partial charge in [-0.3, -0.25) is 4.79 Å². The van der Waals surface area contributed by atoms with Crippen molar-refractivity contribution in [3.63, 3.8) is 0 Å². The maximum absolute atomic E-state index is 11.0. The van der Waals surface area contributed by atoms with E-state index in [1.54, 1.807) is 6.92 Å². The van der Waals surface area contributed by atoms with Crippen LogP contribution in [0.2, 0.25) is 0 Å². The highest BCUT2D eigenvalue weighted by molar-refractivity contribution is 5.74. The topological polar surface area (TPSA) is 52.3 Å². The number of aryl methyl sites for hydroxylation is 1. The summed E-state index contributed by atoms with van der Waals surface area (Å²) in [5.74, 6) is -0.330. The van der Waals surface area contributed by atoms with Crippen LogP contribution in [0, 0.1) is 0 Å². The van der Waals surface area contributed by atoms with Gasteiger partial charge < -0.3 is 10.5 Å². The highest BCUT2D eigenvalue weighted by Crippen LogP contribution is 2.02. The van der Waals surface area contributed by atoms with Gasteiger partial charge in [0.05, 0.1) is 6.61 Å². The lowest BCUT2D eigenvalue weighted by Gasteiger charge is -2.06. The van der Waals surface area contributed by atoms with Gasteiger partial charge in [0, 0.05) is 0 Å². The molecule has 0 spiro atoms. The van der Waals surface area contributed by atoms with Gasteiger partial charge in [0.1, 0.15) is 6.04 Å². The first-order valence-corrected chi connectivity index (χ1v) is 5.16. The molecule has 15 heavy (non-hydrogen) atoms. The van der Waals surface area contributed by atoms with E-state index in [-0.39, 0.29) is 5.97 Å². The second-order valence-electron chi connectivity index (χ2n) is 3.55. The summed E-state index contributed by atoms with van der Waals surface area (Å²) in [6, 6.07) is 9.59. The number of carbonyl (C=O) groups is 1. The minimum atomic E-state index is -0.526. The molecule has 0 unspecified atom stereocenters. The number of esters is 1. The number of rotatable bonds is 5. The van der Waals surface area contributed by atoms with E-state index in [0.29, 0.717) is 6.61 Å². The predicted octanol–water partition coefficient (Wildman–Crippen LogP) is 1.51. The fraction of sp³-hybridized carbons (Fsp3) is 0.417. The molecule has 0 heterocycles. The molecule has 1 aromatic carbocycles. The summed E-state index contributed by atoms with van der Waals surface area (Å²) in [4.78, 5) is 11.0. The maximum atomic E-state index is 11.0. The van der Waals surface area contributed by atoms with Crippen molar-refractivity contribution in [1.29, 1.82) is 0 Å². The van der Waals surface area contributed by atoms with E-state index in [0.717, 1.165) is 12.8 Å². The lowest BCUT2D eigenvalue weighted by atomic mass is 10.1. The molecule has 3 heteroatoms. The van der Waals surface area contributed by atoms with Gasteiger partial charge in [-0.2, -0.15) is 0 Å². The van der Waals surface area contributed by atoms with E-state index in [2.05, 4.69) is 12.1 Å². The van der Waals surface area contributed by atoms with E-state index in [1.807, 2.05) is 18.2 Å². The minimum Gasteiger partial charge on any atom is -0.465 e. The van der Waals surface area contributed by atoms with Crippen molar-refractivity contribution >= 4 is 5.97 Å². The Balaban J connectivity index is 2.15. The van der Waals surface area contributed by atoms with Gasteiger partial charge in [0.15, 0.2) is 0 Å². The summed E-state index contributed by atoms with van der Waals surface area (Å²) in [5, 5.41) is 0. The molecule has 0 saturated carbocycles. The molecule has 0 saturated heterocycles. The molecule has 0 bridgehead atoms. The van der Waals surface area contributed by atoms with Crippen LogP contribution in [0.15, 0.2) is 30.3 Å². The summed E-state index contributed by atoms with van der Waals surface area (Å²) in [7, 11) is 0. The molecule has 2 N–H and O–H groups in total. The third-order valence-corrected chi connectivity index (χ3v) is 2.07. The molecule has 1 atom stereocenters. The van der Waals surface area contributed by atoms with Gasteiger partial charge in [0.2, 0.25) is 0 Å². The molecule has 82 valence electrons. The Bertz CT molecular complexity index is 296. The molecule has 3 nitrogen and oxygen atoms in total. The summed E-state index contributed by atoms with van der Waals surface area (Å²) < 4.78 is 4.96. The van der Waals surface area contributed by atoms with Crippen molar-refractivity contribution in [3.05, 3.63) is 35.9 Å². The van der Waals surface area contributed by atoms with Crippen molar-refractivity contribution in [1.82, 2.24) is 0 Å². The fourth-order valence-corrected chi connectivity index (χ4v) is 1.23. The van der Waals surface area contributed by atoms with Gasteiger partial charge in [-0.05, 0) is 25.3 Å². The zero-order valence-corrected chi connectivity index (χ0v) is 8.98. The van der Waals surface area contributed by atoms with Crippen molar-refractivity contribution < 1.29 is 9.53 Å². The highest BCUT2D eigenvalue weighted by Gasteiger charge is 2.07. The van der Waals surface area contributed by atoms with Crippen LogP contribution in [0.3, 0.4) is 0 Å². The Kier molecular flexibility index (Phi) is 4.84. The SMILES string of the molecule is C[C@@H](N)C(=O)OCCCc1ccccc1. The number of ether oxygens (including phenoxy) is 1. The van der Waals surface area contributed by atoms with E-state index in [4.69, 9.17) is 10.5 Å². The summed E-state index contributed by atoms with van der Waals surface area (Å²) in [6.07, 6.45) is 1.76. The van der Waals surface area contributed by atoms with Crippen molar-refractivity contribution in [2.75, 3.05) is 6.61 Å². The van der Waals surface area contributed by atoms with Crippen molar-refractivity contribution in [3.8, 4) is 0 Å². The Morgan fingerprint density at radius 2 is 2.07 bits per heavy atom. The lowest BCUT2D eigenvalue weighted by molar-refractivity contribution is -0.144. The van der Waals surface area contributed by atoms with Crippen LogP contribution >= 0.6 is 0 Å². The number of carbonyl (C=O) groups excluding carboxylic acids is 1. The number of hydrogen-bond acceptors (Lipinski definition) is 3. The standard InChI is InChI=1S/C12H17NO2/c1-10(13)12(14)15-9-5-8-11-6-3-2-4-7-11/h2-4,6-7,10H,5,8-9,13H2,1H3/t10-/m1/s1. The largest absolute Gasteiger partial charge is 0.465 e. The smallest absolute Gasteiger partial charge is 0.322 e. The molecule has 0 fully saturated rings. The molecule has 0 aliphatic rings. The first kappa shape index (κ1) is 11.7. The van der Waals surface area contributed by atoms with Crippen LogP contribution in [-0.4, -0.2) is 18.6 Å². The average Bonchev–Trinajstić information content (AvgIpc) is 2.25. The van der Waals surface area contributed by atoms with Crippen LogP contribution in [0.5, 0.6) is 0 Å².